The molecule has 0 saturated heterocycles. The maximum atomic E-state index is 11.9. The Hall–Kier alpha value is -1.63. The molecule has 0 aliphatic carbocycles. The van der Waals surface area contributed by atoms with E-state index in [1.165, 1.54) is 11.8 Å². The molecule has 2 aromatic rings. The molecule has 0 atom stereocenters. The number of benzene rings is 1. The molecule has 0 spiro atoms. The van der Waals surface area contributed by atoms with Gasteiger partial charge in [-0.3, -0.25) is 4.79 Å². The van der Waals surface area contributed by atoms with E-state index in [0.29, 0.717) is 22.3 Å². The van der Waals surface area contributed by atoms with E-state index in [0.717, 1.165) is 24.4 Å². The highest BCUT2D eigenvalue weighted by molar-refractivity contribution is 7.99. The second kappa shape index (κ2) is 9.50. The molecule has 1 heterocycles. The van der Waals surface area contributed by atoms with Crippen LogP contribution in [0.5, 0.6) is 0 Å². The van der Waals surface area contributed by atoms with Gasteiger partial charge in [-0.1, -0.05) is 42.4 Å². The van der Waals surface area contributed by atoms with Crippen molar-refractivity contribution in [1.82, 2.24) is 20.8 Å². The third-order valence-corrected chi connectivity index (χ3v) is 4.38. The molecule has 7 heteroatoms. The van der Waals surface area contributed by atoms with Gasteiger partial charge in [0.25, 0.3) is 5.91 Å². The number of amides is 1. The predicted octanol–water partition coefficient (Wildman–Crippen LogP) is 3.01. The summed E-state index contributed by atoms with van der Waals surface area (Å²) in [4.78, 5) is 12.8. The molecule has 0 unspecified atom stereocenters. The van der Waals surface area contributed by atoms with E-state index in [2.05, 4.69) is 27.8 Å². The van der Waals surface area contributed by atoms with E-state index in [-0.39, 0.29) is 5.91 Å². The van der Waals surface area contributed by atoms with E-state index in [1.54, 1.807) is 12.1 Å². The quantitative estimate of drug-likeness (QED) is 0.716. The maximum absolute atomic E-state index is 11.9. The maximum Gasteiger partial charge on any atom is 0.271 e. The fourth-order valence-corrected chi connectivity index (χ4v) is 2.80. The van der Waals surface area contributed by atoms with Crippen molar-refractivity contribution in [2.24, 2.45) is 0 Å². The molecule has 0 fully saturated rings. The molecule has 1 aromatic heterocycles. The zero-order valence-corrected chi connectivity index (χ0v) is 14.5. The lowest BCUT2D eigenvalue weighted by Crippen LogP contribution is -2.32. The van der Waals surface area contributed by atoms with Crippen molar-refractivity contribution < 1.29 is 4.79 Å². The molecule has 122 valence electrons. The van der Waals surface area contributed by atoms with Crippen molar-refractivity contribution in [1.29, 1.82) is 0 Å². The molecule has 0 bridgehead atoms. The summed E-state index contributed by atoms with van der Waals surface area (Å²) >= 11 is 7.52. The highest BCUT2D eigenvalue weighted by atomic mass is 35.5. The first-order valence-corrected chi connectivity index (χ1v) is 8.65. The third kappa shape index (κ3) is 5.82. The van der Waals surface area contributed by atoms with Crippen molar-refractivity contribution in [3.63, 3.8) is 0 Å². The van der Waals surface area contributed by atoms with Gasteiger partial charge in [-0.05, 0) is 37.2 Å². The van der Waals surface area contributed by atoms with Gasteiger partial charge in [0.2, 0.25) is 0 Å². The molecule has 0 saturated carbocycles. The second-order valence-corrected chi connectivity index (χ2v) is 6.26. The Labute approximate surface area is 145 Å². The molecular formula is C16H19ClN4OS. The van der Waals surface area contributed by atoms with E-state index >= 15 is 0 Å². The largest absolute Gasteiger partial charge is 0.349 e. The van der Waals surface area contributed by atoms with Gasteiger partial charge in [-0.25, -0.2) is 0 Å². The van der Waals surface area contributed by atoms with E-state index in [1.807, 2.05) is 24.3 Å². The molecule has 0 radical (unpaired) electrons. The molecule has 1 amide bonds. The summed E-state index contributed by atoms with van der Waals surface area (Å²) in [5, 5.41) is 15.4. The number of halogens is 1. The van der Waals surface area contributed by atoms with Gasteiger partial charge < -0.3 is 10.6 Å². The van der Waals surface area contributed by atoms with Gasteiger partial charge in [0, 0.05) is 18.0 Å². The summed E-state index contributed by atoms with van der Waals surface area (Å²) in [6, 6.07) is 11.0. The number of hydrogen-bond donors (Lipinski definition) is 2. The lowest BCUT2D eigenvalue weighted by molar-refractivity contribution is 0.0947. The summed E-state index contributed by atoms with van der Waals surface area (Å²) < 4.78 is 0. The van der Waals surface area contributed by atoms with Gasteiger partial charge in [-0.15, -0.1) is 10.2 Å². The van der Waals surface area contributed by atoms with Crippen LogP contribution in [0.15, 0.2) is 46.3 Å². The predicted molar refractivity (Wildman–Crippen MR) is 93.1 cm³/mol. The van der Waals surface area contributed by atoms with Crippen LogP contribution in [0.2, 0.25) is 5.02 Å². The van der Waals surface area contributed by atoms with Crippen LogP contribution in [-0.2, 0) is 0 Å². The monoisotopic (exact) mass is 350 g/mol. The first kappa shape index (κ1) is 17.7. The van der Waals surface area contributed by atoms with E-state index in [4.69, 9.17) is 11.6 Å². The first-order valence-electron chi connectivity index (χ1n) is 7.45. The van der Waals surface area contributed by atoms with Crippen LogP contribution in [0.3, 0.4) is 0 Å². The average molecular weight is 351 g/mol. The lowest BCUT2D eigenvalue weighted by Gasteiger charge is -2.06. The Morgan fingerprint density at radius 1 is 1.13 bits per heavy atom. The Morgan fingerprint density at radius 2 is 1.96 bits per heavy atom. The SMILES string of the molecule is CCCNCCNC(=O)c1ccc(Sc2ccccc2Cl)nn1. The van der Waals surface area contributed by atoms with Crippen molar-refractivity contribution >= 4 is 29.3 Å². The van der Waals surface area contributed by atoms with Crippen LogP contribution >= 0.6 is 23.4 Å². The van der Waals surface area contributed by atoms with Crippen LogP contribution in [0.1, 0.15) is 23.8 Å². The molecule has 5 nitrogen and oxygen atoms in total. The minimum Gasteiger partial charge on any atom is -0.349 e. The summed E-state index contributed by atoms with van der Waals surface area (Å²) in [5.74, 6) is -0.218. The average Bonchev–Trinajstić information content (AvgIpc) is 2.57. The first-order chi connectivity index (χ1) is 11.2. The van der Waals surface area contributed by atoms with Gasteiger partial charge in [0.1, 0.15) is 5.03 Å². The number of hydrogen-bond acceptors (Lipinski definition) is 5. The zero-order chi connectivity index (χ0) is 16.5. The van der Waals surface area contributed by atoms with E-state index in [9.17, 15) is 4.79 Å². The topological polar surface area (TPSA) is 66.9 Å². The number of rotatable bonds is 8. The number of nitrogens with zero attached hydrogens (tertiary/aromatic N) is 2. The Bertz CT molecular complexity index is 636. The Morgan fingerprint density at radius 3 is 2.65 bits per heavy atom. The van der Waals surface area contributed by atoms with Crippen molar-refractivity contribution in [3.8, 4) is 0 Å². The minimum atomic E-state index is -0.218. The normalized spacial score (nSPS) is 10.5. The van der Waals surface area contributed by atoms with Crippen LogP contribution in [-0.4, -0.2) is 35.7 Å². The highest BCUT2D eigenvalue weighted by Crippen LogP contribution is 2.31. The van der Waals surface area contributed by atoms with Gasteiger partial charge >= 0.3 is 0 Å². The van der Waals surface area contributed by atoms with Gasteiger partial charge in [0.05, 0.1) is 5.02 Å². The summed E-state index contributed by atoms with van der Waals surface area (Å²) in [5.41, 5.74) is 0.309. The van der Waals surface area contributed by atoms with Crippen LogP contribution in [0.4, 0.5) is 0 Å². The molecule has 0 aliphatic rings. The molecule has 1 aromatic carbocycles. The van der Waals surface area contributed by atoms with Gasteiger partial charge in [0.15, 0.2) is 5.69 Å². The van der Waals surface area contributed by atoms with Gasteiger partial charge in [-0.2, -0.15) is 0 Å². The Balaban J connectivity index is 1.86. The van der Waals surface area contributed by atoms with E-state index < -0.39 is 0 Å². The number of carbonyl (C=O) groups is 1. The highest BCUT2D eigenvalue weighted by Gasteiger charge is 2.09. The second-order valence-electron chi connectivity index (χ2n) is 4.80. The summed E-state index contributed by atoms with van der Waals surface area (Å²) in [6.07, 6.45) is 1.07. The van der Waals surface area contributed by atoms with Crippen LogP contribution in [0, 0.1) is 0 Å². The standard InChI is InChI=1S/C16H19ClN4OS/c1-2-9-18-10-11-19-16(22)13-7-8-15(21-20-13)23-14-6-4-3-5-12(14)17/h3-8,18H,2,9-11H2,1H3,(H,19,22). The fraction of sp³-hybridized carbons (Fsp3) is 0.312. The molecule has 2 N–H and O–H groups in total. The van der Waals surface area contributed by atoms with Crippen molar-refractivity contribution in [2.45, 2.75) is 23.3 Å². The minimum absolute atomic E-state index is 0.218. The summed E-state index contributed by atoms with van der Waals surface area (Å²) in [6.45, 7) is 4.36. The third-order valence-electron chi connectivity index (χ3n) is 2.94. The smallest absolute Gasteiger partial charge is 0.271 e. The molecular weight excluding hydrogens is 332 g/mol. The van der Waals surface area contributed by atoms with Crippen molar-refractivity contribution in [3.05, 3.63) is 47.1 Å². The molecule has 23 heavy (non-hydrogen) atoms. The summed E-state index contributed by atoms with van der Waals surface area (Å²) in [7, 11) is 0. The lowest BCUT2D eigenvalue weighted by atomic mass is 10.3. The number of nitrogens with one attached hydrogen (secondary N) is 2. The van der Waals surface area contributed by atoms with Crippen LogP contribution in [0.25, 0.3) is 0 Å². The number of aromatic nitrogens is 2. The molecule has 0 aliphatic heterocycles. The molecule has 2 rings (SSSR count). The fourth-order valence-electron chi connectivity index (χ4n) is 1.79. The van der Waals surface area contributed by atoms with Crippen molar-refractivity contribution in [2.75, 3.05) is 19.6 Å². The van der Waals surface area contributed by atoms with Crippen LogP contribution < -0.4 is 10.6 Å². The zero-order valence-electron chi connectivity index (χ0n) is 12.9. The number of carbonyl (C=O) groups excluding carboxylic acids is 1. The Kier molecular flexibility index (Phi) is 7.32.